The third-order valence-electron chi connectivity index (χ3n) is 4.59. The summed E-state index contributed by atoms with van der Waals surface area (Å²) in [7, 11) is 0. The van der Waals surface area contributed by atoms with Crippen molar-refractivity contribution >= 4 is 5.97 Å². The predicted octanol–water partition coefficient (Wildman–Crippen LogP) is 3.12. The van der Waals surface area contributed by atoms with Gasteiger partial charge in [-0.25, -0.2) is 4.79 Å². The van der Waals surface area contributed by atoms with Gasteiger partial charge in [-0.3, -0.25) is 4.79 Å². The number of fused-ring (bicyclic) bond motifs is 1. The molecule has 4 nitrogen and oxygen atoms in total. The lowest BCUT2D eigenvalue weighted by Gasteiger charge is -2.12. The van der Waals surface area contributed by atoms with E-state index in [1.165, 1.54) is 5.56 Å². The summed E-state index contributed by atoms with van der Waals surface area (Å²) < 4.78 is 6.93. The second-order valence-electron chi connectivity index (χ2n) is 6.16. The van der Waals surface area contributed by atoms with Crippen LogP contribution in [0.2, 0.25) is 0 Å². The second kappa shape index (κ2) is 7.04. The van der Waals surface area contributed by atoms with Gasteiger partial charge in [0.25, 0.3) is 5.56 Å². The van der Waals surface area contributed by atoms with Crippen molar-refractivity contribution in [3.8, 4) is 0 Å². The van der Waals surface area contributed by atoms with Gasteiger partial charge < -0.3 is 9.30 Å². The van der Waals surface area contributed by atoms with Crippen molar-refractivity contribution in [2.75, 3.05) is 6.61 Å². The minimum Gasteiger partial charge on any atom is -0.462 e. The molecule has 1 aromatic carbocycles. The zero-order valence-electron chi connectivity index (χ0n) is 14.3. The number of carbonyl (C=O) groups excluding carboxylic acids is 1. The molecule has 3 rings (SSSR count). The lowest BCUT2D eigenvalue weighted by molar-refractivity contribution is 0.0524. The van der Waals surface area contributed by atoms with Crippen LogP contribution in [0.5, 0.6) is 0 Å². The van der Waals surface area contributed by atoms with Crippen LogP contribution in [-0.4, -0.2) is 17.1 Å². The van der Waals surface area contributed by atoms with Crippen LogP contribution in [0, 0.1) is 0 Å². The molecule has 0 spiro atoms. The van der Waals surface area contributed by atoms with Crippen LogP contribution >= 0.6 is 0 Å². The lowest BCUT2D eigenvalue weighted by Crippen LogP contribution is -2.26. The zero-order valence-corrected chi connectivity index (χ0v) is 14.3. The number of ether oxygens (including phenoxy) is 1. The topological polar surface area (TPSA) is 48.3 Å². The fourth-order valence-electron chi connectivity index (χ4n) is 3.30. The summed E-state index contributed by atoms with van der Waals surface area (Å²) in [6, 6.07) is 10.0. The van der Waals surface area contributed by atoms with Gasteiger partial charge in [-0.2, -0.15) is 0 Å². The molecule has 0 bridgehead atoms. The largest absolute Gasteiger partial charge is 0.462 e. The molecule has 1 aliphatic heterocycles. The van der Waals surface area contributed by atoms with E-state index in [9.17, 15) is 9.59 Å². The predicted molar refractivity (Wildman–Crippen MR) is 93.6 cm³/mol. The van der Waals surface area contributed by atoms with Crippen molar-refractivity contribution in [1.82, 2.24) is 4.57 Å². The van der Waals surface area contributed by atoms with Crippen LogP contribution in [0.1, 0.15) is 53.0 Å². The van der Waals surface area contributed by atoms with Gasteiger partial charge in [0.2, 0.25) is 0 Å². The molecule has 0 saturated carbocycles. The molecule has 4 heteroatoms. The van der Waals surface area contributed by atoms with Crippen molar-refractivity contribution in [3.63, 3.8) is 0 Å². The highest BCUT2D eigenvalue weighted by Gasteiger charge is 2.23. The summed E-state index contributed by atoms with van der Waals surface area (Å²) in [5.41, 5.74) is 4.41. The first kappa shape index (κ1) is 16.5. The minimum absolute atomic E-state index is 0.0233. The number of carbonyl (C=O) groups is 1. The summed E-state index contributed by atoms with van der Waals surface area (Å²) in [4.78, 5) is 25.0. The Labute approximate surface area is 142 Å². The molecule has 0 fully saturated rings. The smallest absolute Gasteiger partial charge is 0.339 e. The van der Waals surface area contributed by atoms with Crippen molar-refractivity contribution in [2.24, 2.45) is 0 Å². The zero-order chi connectivity index (χ0) is 17.1. The Morgan fingerprint density at radius 1 is 1.17 bits per heavy atom. The van der Waals surface area contributed by atoms with E-state index in [0.29, 0.717) is 30.7 Å². The standard InChI is InChI=1S/C20H23NO3/c1-3-14-7-9-15(10-8-14)12-16-13-17(20(23)24-4-2)18-6-5-11-21(18)19(16)22/h7-10,13H,3-6,11-12H2,1-2H3. The van der Waals surface area contributed by atoms with Crippen molar-refractivity contribution in [3.05, 3.63) is 68.6 Å². The molecular weight excluding hydrogens is 302 g/mol. The van der Waals surface area contributed by atoms with E-state index in [1.54, 1.807) is 17.6 Å². The number of esters is 1. The minimum atomic E-state index is -0.328. The van der Waals surface area contributed by atoms with E-state index in [2.05, 4.69) is 31.2 Å². The Balaban J connectivity index is 1.99. The Morgan fingerprint density at radius 2 is 1.88 bits per heavy atom. The average Bonchev–Trinajstić information content (AvgIpc) is 3.08. The monoisotopic (exact) mass is 325 g/mol. The normalized spacial score (nSPS) is 12.9. The van der Waals surface area contributed by atoms with Crippen LogP contribution in [0.25, 0.3) is 0 Å². The SMILES string of the molecule is CCOC(=O)c1cc(Cc2ccc(CC)cc2)c(=O)n2c1CCC2. The van der Waals surface area contributed by atoms with Gasteiger partial charge in [-0.05, 0) is 43.4 Å². The van der Waals surface area contributed by atoms with Crippen molar-refractivity contribution < 1.29 is 9.53 Å². The third kappa shape index (κ3) is 3.14. The van der Waals surface area contributed by atoms with Gasteiger partial charge in [-0.15, -0.1) is 0 Å². The molecule has 0 radical (unpaired) electrons. The lowest BCUT2D eigenvalue weighted by atomic mass is 10.0. The first-order valence-electron chi connectivity index (χ1n) is 8.64. The maximum absolute atomic E-state index is 12.7. The molecular formula is C20H23NO3. The van der Waals surface area contributed by atoms with E-state index >= 15 is 0 Å². The summed E-state index contributed by atoms with van der Waals surface area (Å²) in [6.07, 6.45) is 3.19. The number of rotatable bonds is 5. The summed E-state index contributed by atoms with van der Waals surface area (Å²) in [6.45, 7) is 4.94. The van der Waals surface area contributed by atoms with Gasteiger partial charge in [0.05, 0.1) is 12.2 Å². The van der Waals surface area contributed by atoms with Crippen molar-refractivity contribution in [2.45, 2.75) is 46.1 Å². The number of benzene rings is 1. The van der Waals surface area contributed by atoms with E-state index in [4.69, 9.17) is 4.74 Å². The van der Waals surface area contributed by atoms with Crippen molar-refractivity contribution in [1.29, 1.82) is 0 Å². The van der Waals surface area contributed by atoms with Crippen LogP contribution in [0.4, 0.5) is 0 Å². The molecule has 126 valence electrons. The highest BCUT2D eigenvalue weighted by atomic mass is 16.5. The van der Waals surface area contributed by atoms with Gasteiger partial charge in [0.1, 0.15) is 0 Å². The number of pyridine rings is 1. The van der Waals surface area contributed by atoms with Crippen LogP contribution < -0.4 is 5.56 Å². The summed E-state index contributed by atoms with van der Waals surface area (Å²) in [5, 5.41) is 0. The van der Waals surface area contributed by atoms with Crippen LogP contribution in [0.15, 0.2) is 35.1 Å². The molecule has 24 heavy (non-hydrogen) atoms. The third-order valence-corrected chi connectivity index (χ3v) is 4.59. The fourth-order valence-corrected chi connectivity index (χ4v) is 3.30. The molecule has 0 atom stereocenters. The Hall–Kier alpha value is -2.36. The molecule has 0 N–H and O–H groups in total. The second-order valence-corrected chi connectivity index (χ2v) is 6.16. The number of aryl methyl sites for hydroxylation is 1. The molecule has 2 aromatic rings. The van der Waals surface area contributed by atoms with E-state index in [1.807, 2.05) is 0 Å². The molecule has 0 saturated heterocycles. The highest BCUT2D eigenvalue weighted by Crippen LogP contribution is 2.20. The van der Waals surface area contributed by atoms with Gasteiger partial charge >= 0.3 is 5.97 Å². The van der Waals surface area contributed by atoms with Gasteiger partial charge in [0.15, 0.2) is 0 Å². The van der Waals surface area contributed by atoms with E-state index in [0.717, 1.165) is 30.5 Å². The van der Waals surface area contributed by atoms with Gasteiger partial charge in [-0.1, -0.05) is 31.2 Å². The number of aromatic nitrogens is 1. The number of hydrogen-bond donors (Lipinski definition) is 0. The molecule has 1 aliphatic rings. The summed E-state index contributed by atoms with van der Waals surface area (Å²) in [5.74, 6) is -0.328. The van der Waals surface area contributed by atoms with E-state index < -0.39 is 0 Å². The molecule has 1 aromatic heterocycles. The fraction of sp³-hybridized carbons (Fsp3) is 0.400. The average molecular weight is 325 g/mol. The van der Waals surface area contributed by atoms with Gasteiger partial charge in [0, 0.05) is 24.2 Å². The van der Waals surface area contributed by atoms with E-state index in [-0.39, 0.29) is 11.5 Å². The highest BCUT2D eigenvalue weighted by molar-refractivity contribution is 5.91. The summed E-state index contributed by atoms with van der Waals surface area (Å²) >= 11 is 0. The molecule has 0 aliphatic carbocycles. The quantitative estimate of drug-likeness (QED) is 0.794. The molecule has 0 amide bonds. The molecule has 2 heterocycles. The Morgan fingerprint density at radius 3 is 2.54 bits per heavy atom. The Kier molecular flexibility index (Phi) is 4.84. The first-order chi connectivity index (χ1) is 11.6. The first-order valence-corrected chi connectivity index (χ1v) is 8.64. The van der Waals surface area contributed by atoms with Crippen LogP contribution in [-0.2, 0) is 30.5 Å². The number of nitrogens with zero attached hydrogens (tertiary/aromatic N) is 1. The molecule has 0 unspecified atom stereocenters. The Bertz CT molecular complexity index is 803. The maximum Gasteiger partial charge on any atom is 0.339 e. The van der Waals surface area contributed by atoms with Crippen LogP contribution in [0.3, 0.4) is 0 Å². The number of hydrogen-bond acceptors (Lipinski definition) is 3. The maximum atomic E-state index is 12.7.